The third kappa shape index (κ3) is 4.42. The van der Waals surface area contributed by atoms with Gasteiger partial charge in [-0.2, -0.15) is 0 Å². The number of hydrogen-bond donors (Lipinski definition) is 2. The molecule has 0 radical (unpaired) electrons. The summed E-state index contributed by atoms with van der Waals surface area (Å²) in [6.07, 6.45) is 0. The molecule has 1 aromatic heterocycles. The topological polar surface area (TPSA) is 70.2 Å². The van der Waals surface area contributed by atoms with Crippen molar-refractivity contribution >= 4 is 17.5 Å². The van der Waals surface area contributed by atoms with Crippen LogP contribution in [0.25, 0.3) is 0 Å². The molecule has 0 unspecified atom stereocenters. The SMILES string of the molecule is Cc1cc(N(C)C)nc(CNC(=O)Nc2cccc(C)c2C)n1. The molecule has 2 aromatic rings. The van der Waals surface area contributed by atoms with Gasteiger partial charge in [0.15, 0.2) is 0 Å². The third-order valence-electron chi connectivity index (χ3n) is 3.61. The Hall–Kier alpha value is -2.63. The van der Waals surface area contributed by atoms with Crippen LogP contribution >= 0.6 is 0 Å². The lowest BCUT2D eigenvalue weighted by Crippen LogP contribution is -2.29. The Morgan fingerprint density at radius 1 is 1.17 bits per heavy atom. The molecule has 0 aliphatic heterocycles. The highest BCUT2D eigenvalue weighted by Crippen LogP contribution is 2.17. The Morgan fingerprint density at radius 3 is 2.61 bits per heavy atom. The molecule has 6 heteroatoms. The molecular formula is C17H23N5O. The van der Waals surface area contributed by atoms with Gasteiger partial charge in [-0.25, -0.2) is 14.8 Å². The van der Waals surface area contributed by atoms with Crippen molar-refractivity contribution in [3.8, 4) is 0 Å². The van der Waals surface area contributed by atoms with Crippen LogP contribution in [0.4, 0.5) is 16.3 Å². The van der Waals surface area contributed by atoms with Crippen molar-refractivity contribution in [1.82, 2.24) is 15.3 Å². The molecule has 2 N–H and O–H groups in total. The van der Waals surface area contributed by atoms with E-state index in [-0.39, 0.29) is 12.6 Å². The van der Waals surface area contributed by atoms with Gasteiger partial charge in [-0.05, 0) is 38.0 Å². The minimum absolute atomic E-state index is 0.268. The smallest absolute Gasteiger partial charge is 0.319 e. The fraction of sp³-hybridized carbons (Fsp3) is 0.353. The highest BCUT2D eigenvalue weighted by Gasteiger charge is 2.08. The second-order valence-corrected chi connectivity index (χ2v) is 5.73. The minimum atomic E-state index is -0.268. The predicted octanol–water partition coefficient (Wildman–Crippen LogP) is 2.79. The van der Waals surface area contributed by atoms with Crippen molar-refractivity contribution in [3.05, 3.63) is 46.9 Å². The number of nitrogens with one attached hydrogen (secondary N) is 2. The van der Waals surface area contributed by atoms with E-state index < -0.39 is 0 Å². The molecule has 1 heterocycles. The van der Waals surface area contributed by atoms with Crippen LogP contribution in [0.2, 0.25) is 0 Å². The molecule has 0 bridgehead atoms. The first kappa shape index (κ1) is 16.7. The third-order valence-corrected chi connectivity index (χ3v) is 3.61. The minimum Gasteiger partial charge on any atom is -0.363 e. The van der Waals surface area contributed by atoms with Gasteiger partial charge in [0, 0.05) is 31.5 Å². The Bertz CT molecular complexity index is 712. The number of urea groups is 1. The molecular weight excluding hydrogens is 290 g/mol. The summed E-state index contributed by atoms with van der Waals surface area (Å²) in [5, 5.41) is 5.65. The lowest BCUT2D eigenvalue weighted by molar-refractivity contribution is 0.251. The highest BCUT2D eigenvalue weighted by atomic mass is 16.2. The zero-order chi connectivity index (χ0) is 17.0. The Balaban J connectivity index is 2.01. The standard InChI is InChI=1S/C17H23N5O/c1-11-7-6-8-14(13(11)3)20-17(23)18-10-15-19-12(2)9-16(21-15)22(4)5/h6-9H,10H2,1-5H3,(H2,18,20,23). The molecule has 0 aliphatic rings. The van der Waals surface area contributed by atoms with Gasteiger partial charge in [0.25, 0.3) is 0 Å². The molecule has 0 atom stereocenters. The molecule has 0 aliphatic carbocycles. The van der Waals surface area contributed by atoms with Crippen molar-refractivity contribution in [1.29, 1.82) is 0 Å². The van der Waals surface area contributed by atoms with Gasteiger partial charge in [0.05, 0.1) is 6.54 Å². The molecule has 0 saturated carbocycles. The van der Waals surface area contributed by atoms with Crippen molar-refractivity contribution in [3.63, 3.8) is 0 Å². The van der Waals surface area contributed by atoms with E-state index in [4.69, 9.17) is 0 Å². The van der Waals surface area contributed by atoms with Crippen LogP contribution in [0, 0.1) is 20.8 Å². The van der Waals surface area contributed by atoms with Crippen molar-refractivity contribution in [2.45, 2.75) is 27.3 Å². The number of aryl methyl sites for hydroxylation is 2. The van der Waals surface area contributed by atoms with Gasteiger partial charge in [0.1, 0.15) is 11.6 Å². The van der Waals surface area contributed by atoms with Gasteiger partial charge in [-0.3, -0.25) is 0 Å². The maximum Gasteiger partial charge on any atom is 0.319 e. The molecule has 122 valence electrons. The van der Waals surface area contributed by atoms with Gasteiger partial charge >= 0.3 is 6.03 Å². The number of carbonyl (C=O) groups excluding carboxylic acids is 1. The van der Waals surface area contributed by atoms with E-state index in [1.54, 1.807) is 0 Å². The quantitative estimate of drug-likeness (QED) is 0.910. The van der Waals surface area contributed by atoms with Crippen LogP contribution in [0.3, 0.4) is 0 Å². The van der Waals surface area contributed by atoms with Crippen LogP contribution in [0.5, 0.6) is 0 Å². The lowest BCUT2D eigenvalue weighted by Gasteiger charge is -2.14. The summed E-state index contributed by atoms with van der Waals surface area (Å²) >= 11 is 0. The summed E-state index contributed by atoms with van der Waals surface area (Å²) in [7, 11) is 3.85. The molecule has 1 aromatic carbocycles. The fourth-order valence-electron chi connectivity index (χ4n) is 2.13. The summed E-state index contributed by atoms with van der Waals surface area (Å²) in [6, 6.07) is 7.46. The summed E-state index contributed by atoms with van der Waals surface area (Å²) in [4.78, 5) is 22.7. The summed E-state index contributed by atoms with van der Waals surface area (Å²) in [6.45, 7) is 6.19. The molecule has 2 amide bonds. The maximum absolute atomic E-state index is 12.1. The van der Waals surface area contributed by atoms with Crippen LogP contribution in [0.1, 0.15) is 22.6 Å². The van der Waals surface area contributed by atoms with Gasteiger partial charge < -0.3 is 15.5 Å². The Kier molecular flexibility index (Phi) is 5.16. The molecule has 0 saturated heterocycles. The number of benzene rings is 1. The number of hydrogen-bond acceptors (Lipinski definition) is 4. The number of carbonyl (C=O) groups is 1. The fourth-order valence-corrected chi connectivity index (χ4v) is 2.13. The number of rotatable bonds is 4. The van der Waals surface area contributed by atoms with Gasteiger partial charge in [-0.1, -0.05) is 12.1 Å². The monoisotopic (exact) mass is 313 g/mol. The summed E-state index contributed by atoms with van der Waals surface area (Å²) < 4.78 is 0. The maximum atomic E-state index is 12.1. The summed E-state index contributed by atoms with van der Waals surface area (Å²) in [5.74, 6) is 1.41. The van der Waals surface area contributed by atoms with E-state index in [0.29, 0.717) is 5.82 Å². The predicted molar refractivity (Wildman–Crippen MR) is 92.9 cm³/mol. The second-order valence-electron chi connectivity index (χ2n) is 5.73. The molecule has 6 nitrogen and oxygen atoms in total. The van der Waals surface area contributed by atoms with E-state index in [9.17, 15) is 4.79 Å². The van der Waals surface area contributed by atoms with Gasteiger partial charge in [0.2, 0.25) is 0 Å². The number of anilines is 2. The average molecular weight is 313 g/mol. The Labute approximate surface area is 137 Å². The largest absolute Gasteiger partial charge is 0.363 e. The van der Waals surface area contributed by atoms with Crippen LogP contribution in [-0.4, -0.2) is 30.1 Å². The average Bonchev–Trinajstić information content (AvgIpc) is 2.49. The first-order valence-corrected chi connectivity index (χ1v) is 7.50. The zero-order valence-corrected chi connectivity index (χ0v) is 14.3. The van der Waals surface area contributed by atoms with Crippen LogP contribution < -0.4 is 15.5 Å². The molecule has 2 rings (SSSR count). The van der Waals surface area contributed by atoms with Crippen LogP contribution in [-0.2, 0) is 6.54 Å². The van der Waals surface area contributed by atoms with E-state index in [1.807, 2.05) is 64.0 Å². The van der Waals surface area contributed by atoms with E-state index in [0.717, 1.165) is 28.3 Å². The lowest BCUT2D eigenvalue weighted by atomic mass is 10.1. The highest BCUT2D eigenvalue weighted by molar-refractivity contribution is 5.90. The zero-order valence-electron chi connectivity index (χ0n) is 14.3. The first-order chi connectivity index (χ1) is 10.9. The van der Waals surface area contributed by atoms with Crippen LogP contribution in [0.15, 0.2) is 24.3 Å². The van der Waals surface area contributed by atoms with E-state index in [2.05, 4.69) is 20.6 Å². The molecule has 0 spiro atoms. The molecule has 0 fully saturated rings. The number of aromatic nitrogens is 2. The Morgan fingerprint density at radius 2 is 1.91 bits per heavy atom. The van der Waals surface area contributed by atoms with Crippen molar-refractivity contribution in [2.75, 3.05) is 24.3 Å². The normalized spacial score (nSPS) is 10.3. The second kappa shape index (κ2) is 7.09. The first-order valence-electron chi connectivity index (χ1n) is 7.50. The van der Waals surface area contributed by atoms with Crippen molar-refractivity contribution in [2.24, 2.45) is 0 Å². The van der Waals surface area contributed by atoms with Crippen molar-refractivity contribution < 1.29 is 4.79 Å². The van der Waals surface area contributed by atoms with E-state index in [1.165, 1.54) is 0 Å². The number of amides is 2. The van der Waals surface area contributed by atoms with E-state index >= 15 is 0 Å². The number of nitrogens with zero attached hydrogens (tertiary/aromatic N) is 3. The molecule has 23 heavy (non-hydrogen) atoms. The summed E-state index contributed by atoms with van der Waals surface area (Å²) in [5.41, 5.74) is 3.88. The van der Waals surface area contributed by atoms with Gasteiger partial charge in [-0.15, -0.1) is 0 Å².